The zero-order valence-corrected chi connectivity index (χ0v) is 12.6. The number of urea groups is 1. The number of carboxylic acids is 1. The van der Waals surface area contributed by atoms with Gasteiger partial charge in [-0.25, -0.2) is 4.79 Å². The number of carboxylic acid groups (broad SMARTS) is 1. The van der Waals surface area contributed by atoms with Crippen LogP contribution in [0.15, 0.2) is 0 Å². The Bertz CT molecular complexity index is 329. The molecule has 0 aromatic heterocycles. The summed E-state index contributed by atoms with van der Waals surface area (Å²) in [5.74, 6) is -0.612. The molecule has 1 aliphatic rings. The molecule has 122 valence electrons. The minimum atomic E-state index is -0.717. The molecule has 2 amide bonds. The number of methoxy groups -OCH3 is 1. The van der Waals surface area contributed by atoms with Crippen molar-refractivity contribution < 1.29 is 24.5 Å². The summed E-state index contributed by atoms with van der Waals surface area (Å²) in [6.07, 6.45) is 3.02. The lowest BCUT2D eigenvalue weighted by Crippen LogP contribution is -2.45. The van der Waals surface area contributed by atoms with Crippen LogP contribution in [-0.2, 0) is 9.53 Å². The van der Waals surface area contributed by atoms with Crippen molar-refractivity contribution >= 4 is 12.0 Å². The second kappa shape index (κ2) is 9.57. The average Bonchev–Trinajstić information content (AvgIpc) is 2.49. The van der Waals surface area contributed by atoms with E-state index in [0.717, 1.165) is 12.8 Å². The summed E-state index contributed by atoms with van der Waals surface area (Å²) in [5, 5.41) is 20.8. The van der Waals surface area contributed by atoms with Crippen molar-refractivity contribution in [2.24, 2.45) is 11.8 Å². The number of hydrogen-bond acceptors (Lipinski definition) is 4. The van der Waals surface area contributed by atoms with Crippen molar-refractivity contribution in [2.75, 3.05) is 40.0 Å². The summed E-state index contributed by atoms with van der Waals surface area (Å²) < 4.78 is 4.94. The fourth-order valence-corrected chi connectivity index (χ4v) is 2.59. The van der Waals surface area contributed by atoms with Crippen LogP contribution in [0.5, 0.6) is 0 Å². The van der Waals surface area contributed by atoms with Gasteiger partial charge in [0.05, 0.1) is 19.1 Å². The molecule has 0 atom stereocenters. The molecule has 0 spiro atoms. The number of amides is 2. The number of ether oxygens (including phenoxy) is 1. The Hall–Kier alpha value is -1.34. The van der Waals surface area contributed by atoms with Gasteiger partial charge in [-0.05, 0) is 31.6 Å². The first-order valence-corrected chi connectivity index (χ1v) is 7.43. The Balaban J connectivity index is 2.29. The summed E-state index contributed by atoms with van der Waals surface area (Å²) in [7, 11) is 1.57. The molecule has 1 rings (SSSR count). The quantitative estimate of drug-likeness (QED) is 0.607. The Morgan fingerprint density at radius 2 is 1.90 bits per heavy atom. The largest absolute Gasteiger partial charge is 0.481 e. The summed E-state index contributed by atoms with van der Waals surface area (Å²) in [4.78, 5) is 24.4. The highest BCUT2D eigenvalue weighted by Gasteiger charge is 2.26. The molecule has 0 radical (unpaired) electrons. The van der Waals surface area contributed by atoms with E-state index in [2.05, 4.69) is 5.32 Å². The lowest BCUT2D eigenvalue weighted by molar-refractivity contribution is -0.143. The van der Waals surface area contributed by atoms with Gasteiger partial charge in [-0.3, -0.25) is 4.79 Å². The van der Waals surface area contributed by atoms with Crippen molar-refractivity contribution in [1.82, 2.24) is 10.2 Å². The van der Waals surface area contributed by atoms with E-state index in [1.165, 1.54) is 4.90 Å². The Morgan fingerprint density at radius 3 is 2.43 bits per heavy atom. The van der Waals surface area contributed by atoms with Crippen molar-refractivity contribution in [2.45, 2.75) is 25.7 Å². The first kappa shape index (κ1) is 17.7. The molecule has 3 N–H and O–H groups in total. The van der Waals surface area contributed by atoms with Gasteiger partial charge in [0.15, 0.2) is 0 Å². The third-order valence-electron chi connectivity index (χ3n) is 3.96. The first-order chi connectivity index (χ1) is 10.1. The Labute approximate surface area is 125 Å². The van der Waals surface area contributed by atoms with Gasteiger partial charge in [-0.2, -0.15) is 0 Å². The van der Waals surface area contributed by atoms with E-state index < -0.39 is 5.97 Å². The Morgan fingerprint density at radius 1 is 1.24 bits per heavy atom. The minimum absolute atomic E-state index is 0.0825. The molecule has 0 saturated heterocycles. The number of hydrogen-bond donors (Lipinski definition) is 3. The van der Waals surface area contributed by atoms with Gasteiger partial charge in [-0.1, -0.05) is 0 Å². The molecule has 1 fully saturated rings. The highest BCUT2D eigenvalue weighted by Crippen LogP contribution is 2.28. The molecule has 0 aliphatic heterocycles. The zero-order chi connectivity index (χ0) is 15.7. The zero-order valence-electron chi connectivity index (χ0n) is 12.6. The third kappa shape index (κ3) is 6.31. The normalized spacial score (nSPS) is 21.8. The third-order valence-corrected chi connectivity index (χ3v) is 3.96. The number of rotatable bonds is 8. The number of nitrogens with one attached hydrogen (secondary N) is 1. The summed E-state index contributed by atoms with van der Waals surface area (Å²) in [5.41, 5.74) is 0. The molecule has 1 aliphatic carbocycles. The number of carbonyl (C=O) groups is 2. The number of aliphatic hydroxyl groups is 1. The monoisotopic (exact) mass is 302 g/mol. The SMILES string of the molecule is COCCN(CCO)C(=O)NCC1CCC(C(=O)O)CC1. The lowest BCUT2D eigenvalue weighted by atomic mass is 9.82. The number of carbonyl (C=O) groups excluding carboxylic acids is 1. The van der Waals surface area contributed by atoms with Crippen molar-refractivity contribution in [3.05, 3.63) is 0 Å². The van der Waals surface area contributed by atoms with E-state index in [1.54, 1.807) is 7.11 Å². The van der Waals surface area contributed by atoms with Crippen LogP contribution < -0.4 is 5.32 Å². The van der Waals surface area contributed by atoms with Crippen LogP contribution in [0.4, 0.5) is 4.79 Å². The van der Waals surface area contributed by atoms with Crippen molar-refractivity contribution in [3.63, 3.8) is 0 Å². The second-order valence-corrected chi connectivity index (χ2v) is 5.45. The number of nitrogens with zero attached hydrogens (tertiary/aromatic N) is 1. The molecule has 1 saturated carbocycles. The highest BCUT2D eigenvalue weighted by molar-refractivity contribution is 5.74. The maximum atomic E-state index is 12.0. The second-order valence-electron chi connectivity index (χ2n) is 5.45. The molecule has 21 heavy (non-hydrogen) atoms. The molecular formula is C14H26N2O5. The van der Waals surface area contributed by atoms with Crippen molar-refractivity contribution in [1.29, 1.82) is 0 Å². The van der Waals surface area contributed by atoms with Crippen LogP contribution in [0.1, 0.15) is 25.7 Å². The van der Waals surface area contributed by atoms with Crippen LogP contribution in [0.3, 0.4) is 0 Å². The number of aliphatic hydroxyl groups excluding tert-OH is 1. The standard InChI is InChI=1S/C14H26N2O5/c1-21-9-7-16(6-8-17)14(20)15-10-11-2-4-12(5-3-11)13(18)19/h11-12,17H,2-10H2,1H3,(H,15,20)(H,18,19). The van der Waals surface area contributed by atoms with Gasteiger partial charge in [-0.15, -0.1) is 0 Å². The molecular weight excluding hydrogens is 276 g/mol. The smallest absolute Gasteiger partial charge is 0.317 e. The van der Waals surface area contributed by atoms with Crippen LogP contribution in [-0.4, -0.2) is 67.1 Å². The van der Waals surface area contributed by atoms with E-state index in [0.29, 0.717) is 38.5 Å². The maximum absolute atomic E-state index is 12.0. The molecule has 0 aromatic rings. The summed E-state index contributed by atoms with van der Waals surface area (Å²) in [6.45, 7) is 1.62. The Kier molecular flexibility index (Phi) is 8.07. The van der Waals surface area contributed by atoms with E-state index in [1.807, 2.05) is 0 Å². The molecule has 0 bridgehead atoms. The van der Waals surface area contributed by atoms with Gasteiger partial charge in [0.2, 0.25) is 0 Å². The molecule has 7 nitrogen and oxygen atoms in total. The maximum Gasteiger partial charge on any atom is 0.317 e. The van der Waals surface area contributed by atoms with E-state index >= 15 is 0 Å². The van der Waals surface area contributed by atoms with Gasteiger partial charge in [0, 0.05) is 26.7 Å². The fourth-order valence-electron chi connectivity index (χ4n) is 2.59. The number of aliphatic carboxylic acids is 1. The first-order valence-electron chi connectivity index (χ1n) is 7.43. The van der Waals surface area contributed by atoms with Gasteiger partial charge in [0.1, 0.15) is 0 Å². The molecule has 0 heterocycles. The van der Waals surface area contributed by atoms with Gasteiger partial charge in [0.25, 0.3) is 0 Å². The average molecular weight is 302 g/mol. The van der Waals surface area contributed by atoms with E-state index in [-0.39, 0.29) is 25.1 Å². The predicted octanol–water partition coefficient (Wildman–Crippen LogP) is 0.528. The summed E-state index contributed by atoms with van der Waals surface area (Å²) >= 11 is 0. The van der Waals surface area contributed by atoms with Crippen LogP contribution in [0.2, 0.25) is 0 Å². The van der Waals surface area contributed by atoms with Crippen LogP contribution in [0, 0.1) is 11.8 Å². The lowest BCUT2D eigenvalue weighted by Gasteiger charge is -2.28. The van der Waals surface area contributed by atoms with E-state index in [9.17, 15) is 9.59 Å². The van der Waals surface area contributed by atoms with Gasteiger partial charge >= 0.3 is 12.0 Å². The van der Waals surface area contributed by atoms with Crippen molar-refractivity contribution in [3.8, 4) is 0 Å². The topological polar surface area (TPSA) is 99.1 Å². The fraction of sp³-hybridized carbons (Fsp3) is 0.857. The van der Waals surface area contributed by atoms with Crippen LogP contribution in [0.25, 0.3) is 0 Å². The molecule has 0 unspecified atom stereocenters. The van der Waals surface area contributed by atoms with E-state index in [4.69, 9.17) is 14.9 Å². The summed E-state index contributed by atoms with van der Waals surface area (Å²) in [6, 6.07) is -0.207. The molecule has 7 heteroatoms. The molecule has 0 aromatic carbocycles. The van der Waals surface area contributed by atoms with Gasteiger partial charge < -0.3 is 25.2 Å². The van der Waals surface area contributed by atoms with Crippen LogP contribution >= 0.6 is 0 Å². The predicted molar refractivity (Wildman–Crippen MR) is 77.0 cm³/mol. The highest BCUT2D eigenvalue weighted by atomic mass is 16.5. The minimum Gasteiger partial charge on any atom is -0.481 e.